The average molecular weight is 305 g/mol. The minimum Gasteiger partial charge on any atom is -0.292 e. The van der Waals surface area contributed by atoms with E-state index in [4.69, 9.17) is 0 Å². The van der Waals surface area contributed by atoms with E-state index in [1.807, 2.05) is 12.1 Å². The highest BCUT2D eigenvalue weighted by Gasteiger charge is 2.25. The van der Waals surface area contributed by atoms with Crippen LogP contribution in [0.4, 0.5) is 0 Å². The Bertz CT molecular complexity index is 514. The topological polar surface area (TPSA) is 53.2 Å². The van der Waals surface area contributed by atoms with Gasteiger partial charge in [-0.1, -0.05) is 28.1 Å². The number of ketones is 1. The predicted octanol–water partition coefficient (Wildman–Crippen LogP) is 3.40. The van der Waals surface area contributed by atoms with Crippen LogP contribution in [0.15, 0.2) is 33.7 Å². The summed E-state index contributed by atoms with van der Waals surface area (Å²) in [4.78, 5) is 16.6. The first kappa shape index (κ1) is 13.0. The molecule has 18 heavy (non-hydrogen) atoms. The average Bonchev–Trinajstić information content (AvgIpc) is 2.41. The lowest BCUT2D eigenvalue weighted by atomic mass is 9.90. The highest BCUT2D eigenvalue weighted by molar-refractivity contribution is 9.10. The summed E-state index contributed by atoms with van der Waals surface area (Å²) in [6.45, 7) is 0.737. The number of hydrogen-bond acceptors (Lipinski definition) is 3. The van der Waals surface area contributed by atoms with Gasteiger partial charge in [0.25, 0.3) is 0 Å². The molecular formula is C14H13BrN2O. The highest BCUT2D eigenvalue weighted by Crippen LogP contribution is 2.19. The Morgan fingerprint density at radius 3 is 2.61 bits per heavy atom. The van der Waals surface area contributed by atoms with Gasteiger partial charge in [-0.25, -0.2) is 0 Å². The summed E-state index contributed by atoms with van der Waals surface area (Å²) in [5.74, 6) is -0.864. The maximum Gasteiger partial charge on any atom is 0.185 e. The molecule has 1 aliphatic heterocycles. The first-order chi connectivity index (χ1) is 8.72. The molecule has 1 heterocycles. The van der Waals surface area contributed by atoms with Gasteiger partial charge in [-0.3, -0.25) is 9.79 Å². The number of benzene rings is 1. The van der Waals surface area contributed by atoms with Crippen LogP contribution < -0.4 is 0 Å². The van der Waals surface area contributed by atoms with Gasteiger partial charge in [-0.15, -0.1) is 0 Å². The van der Waals surface area contributed by atoms with Crippen molar-refractivity contribution in [3.05, 3.63) is 34.3 Å². The van der Waals surface area contributed by atoms with Gasteiger partial charge in [0.05, 0.1) is 6.07 Å². The lowest BCUT2D eigenvalue weighted by Crippen LogP contribution is -2.25. The Kier molecular flexibility index (Phi) is 4.27. The van der Waals surface area contributed by atoms with Gasteiger partial charge in [0, 0.05) is 22.3 Å². The molecule has 0 aromatic heterocycles. The second-order valence-electron chi connectivity index (χ2n) is 4.26. The first-order valence-corrected chi connectivity index (χ1v) is 6.74. The third-order valence-electron chi connectivity index (χ3n) is 3.01. The normalized spacial score (nSPS) is 16.6. The number of carbonyl (C=O) groups excluding carboxylic acids is 1. The number of hydrogen-bond donors (Lipinski definition) is 0. The number of Topliss-reactive ketones (excluding diaryl/α,β-unsaturated/α-hetero) is 1. The molecule has 1 aliphatic rings. The molecule has 1 unspecified atom stereocenters. The van der Waals surface area contributed by atoms with Gasteiger partial charge in [-0.05, 0) is 31.4 Å². The van der Waals surface area contributed by atoms with Crippen molar-refractivity contribution in [1.29, 1.82) is 5.26 Å². The lowest BCUT2D eigenvalue weighted by Gasteiger charge is -2.15. The van der Waals surface area contributed by atoms with Gasteiger partial charge in [-0.2, -0.15) is 5.26 Å². The Labute approximate surface area is 115 Å². The third kappa shape index (κ3) is 2.85. The van der Waals surface area contributed by atoms with E-state index in [0.717, 1.165) is 36.0 Å². The number of nitrogens with zero attached hydrogens (tertiary/aromatic N) is 2. The molecule has 0 fully saturated rings. The van der Waals surface area contributed by atoms with Crippen molar-refractivity contribution >= 4 is 27.4 Å². The molecule has 3 nitrogen and oxygen atoms in total. The summed E-state index contributed by atoms with van der Waals surface area (Å²) in [6.07, 6.45) is 2.83. The maximum absolute atomic E-state index is 12.3. The van der Waals surface area contributed by atoms with Crippen LogP contribution >= 0.6 is 15.9 Å². The molecule has 0 radical (unpaired) electrons. The number of carbonyl (C=O) groups is 1. The molecule has 0 amide bonds. The molecule has 92 valence electrons. The summed E-state index contributed by atoms with van der Waals surface area (Å²) in [7, 11) is 0. The summed E-state index contributed by atoms with van der Waals surface area (Å²) < 4.78 is 0.919. The molecule has 0 saturated carbocycles. The molecule has 1 atom stereocenters. The van der Waals surface area contributed by atoms with Crippen LogP contribution in [0.5, 0.6) is 0 Å². The number of aliphatic imine (C=N–C) groups is 1. The molecule has 4 heteroatoms. The zero-order valence-corrected chi connectivity index (χ0v) is 11.5. The van der Waals surface area contributed by atoms with Crippen LogP contribution in [-0.2, 0) is 0 Å². The quantitative estimate of drug-likeness (QED) is 0.804. The lowest BCUT2D eigenvalue weighted by molar-refractivity contribution is 0.0974. The minimum absolute atomic E-state index is 0.148. The van der Waals surface area contributed by atoms with E-state index in [1.54, 1.807) is 12.1 Å². The zero-order valence-electron chi connectivity index (χ0n) is 9.90. The largest absolute Gasteiger partial charge is 0.292 e. The summed E-state index contributed by atoms with van der Waals surface area (Å²) in [6, 6.07) is 9.18. The van der Waals surface area contributed by atoms with Crippen molar-refractivity contribution < 1.29 is 4.79 Å². The van der Waals surface area contributed by atoms with Gasteiger partial charge in [0.15, 0.2) is 5.78 Å². The summed E-state index contributed by atoms with van der Waals surface area (Å²) in [5.41, 5.74) is 1.31. The van der Waals surface area contributed by atoms with Gasteiger partial charge in [0.2, 0.25) is 0 Å². The van der Waals surface area contributed by atoms with Crippen molar-refractivity contribution in [2.24, 2.45) is 10.9 Å². The molecule has 1 aromatic rings. The Morgan fingerprint density at radius 1 is 1.33 bits per heavy atom. The monoisotopic (exact) mass is 304 g/mol. The molecule has 0 bridgehead atoms. The second-order valence-corrected chi connectivity index (χ2v) is 5.18. The fraction of sp³-hybridized carbons (Fsp3) is 0.357. The van der Waals surface area contributed by atoms with E-state index in [1.165, 1.54) is 0 Å². The van der Waals surface area contributed by atoms with Crippen LogP contribution in [0.1, 0.15) is 29.6 Å². The van der Waals surface area contributed by atoms with Gasteiger partial charge in [0.1, 0.15) is 5.92 Å². The minimum atomic E-state index is -0.716. The van der Waals surface area contributed by atoms with Crippen LogP contribution in [0.25, 0.3) is 0 Å². The second kappa shape index (κ2) is 5.92. The third-order valence-corrected chi connectivity index (χ3v) is 3.54. The van der Waals surface area contributed by atoms with Crippen LogP contribution in [0.3, 0.4) is 0 Å². The van der Waals surface area contributed by atoms with Crippen LogP contribution in [0.2, 0.25) is 0 Å². The van der Waals surface area contributed by atoms with Crippen molar-refractivity contribution in [1.82, 2.24) is 0 Å². The van der Waals surface area contributed by atoms with Crippen molar-refractivity contribution in [3.63, 3.8) is 0 Å². The zero-order chi connectivity index (χ0) is 13.0. The fourth-order valence-electron chi connectivity index (χ4n) is 2.02. The molecule has 0 aliphatic carbocycles. The summed E-state index contributed by atoms with van der Waals surface area (Å²) >= 11 is 3.33. The highest BCUT2D eigenvalue weighted by atomic mass is 79.9. The number of rotatable bonds is 3. The van der Waals surface area contributed by atoms with E-state index in [-0.39, 0.29) is 5.78 Å². The molecule has 0 spiro atoms. The molecule has 1 aromatic carbocycles. The van der Waals surface area contributed by atoms with Gasteiger partial charge < -0.3 is 0 Å². The predicted molar refractivity (Wildman–Crippen MR) is 73.7 cm³/mol. The fourth-order valence-corrected chi connectivity index (χ4v) is 2.28. The van der Waals surface area contributed by atoms with Gasteiger partial charge >= 0.3 is 0 Å². The molecular weight excluding hydrogens is 292 g/mol. The summed E-state index contributed by atoms with van der Waals surface area (Å²) in [5, 5.41) is 9.20. The first-order valence-electron chi connectivity index (χ1n) is 5.95. The molecule has 2 rings (SSSR count). The van der Waals surface area contributed by atoms with E-state index < -0.39 is 5.92 Å². The maximum atomic E-state index is 12.3. The van der Waals surface area contributed by atoms with Crippen molar-refractivity contribution in [2.75, 3.05) is 6.54 Å². The Morgan fingerprint density at radius 2 is 2.06 bits per heavy atom. The SMILES string of the molecule is N#CC(C(=O)c1ccc(Br)cc1)C1=NCCCC1. The van der Waals surface area contributed by atoms with E-state index in [2.05, 4.69) is 27.0 Å². The standard InChI is InChI=1S/C14H13BrN2O/c15-11-6-4-10(5-7-11)14(18)12(9-16)13-3-1-2-8-17-13/h4-7,12H,1-3,8H2. The van der Waals surface area contributed by atoms with Crippen LogP contribution in [0, 0.1) is 17.2 Å². The molecule has 0 N–H and O–H groups in total. The molecule has 0 saturated heterocycles. The van der Waals surface area contributed by atoms with E-state index in [0.29, 0.717) is 5.56 Å². The Balaban J connectivity index is 2.23. The smallest absolute Gasteiger partial charge is 0.185 e. The van der Waals surface area contributed by atoms with E-state index in [9.17, 15) is 10.1 Å². The Hall–Kier alpha value is -1.47. The number of halogens is 1. The van der Waals surface area contributed by atoms with E-state index >= 15 is 0 Å². The van der Waals surface area contributed by atoms with Crippen molar-refractivity contribution in [2.45, 2.75) is 19.3 Å². The number of nitriles is 1. The van der Waals surface area contributed by atoms with Crippen molar-refractivity contribution in [3.8, 4) is 6.07 Å². The van der Waals surface area contributed by atoms with Crippen LogP contribution in [-0.4, -0.2) is 18.0 Å².